The molecule has 25 heavy (non-hydrogen) atoms. The lowest BCUT2D eigenvalue weighted by Crippen LogP contribution is -2.30. The van der Waals surface area contributed by atoms with E-state index in [2.05, 4.69) is 15.0 Å². The summed E-state index contributed by atoms with van der Waals surface area (Å²) in [5, 5.41) is 24.1. The molecular formula is C18H16ClN3O3. The number of benzene rings is 1. The molecule has 0 spiro atoms. The first-order valence-electron chi connectivity index (χ1n) is 7.92. The zero-order valence-electron chi connectivity index (χ0n) is 13.3. The maximum absolute atomic E-state index is 10.2. The second kappa shape index (κ2) is 6.38. The molecule has 0 aliphatic carbocycles. The van der Waals surface area contributed by atoms with Crippen LogP contribution in [0.1, 0.15) is 16.8 Å². The molecule has 1 aliphatic rings. The van der Waals surface area contributed by atoms with Crippen LogP contribution in [0.4, 0.5) is 0 Å². The molecule has 1 aliphatic heterocycles. The van der Waals surface area contributed by atoms with Crippen molar-refractivity contribution in [3.63, 3.8) is 0 Å². The Kier molecular flexibility index (Phi) is 4.07. The van der Waals surface area contributed by atoms with Crippen LogP contribution in [0.25, 0.3) is 11.3 Å². The maximum Gasteiger partial charge on any atom is 0.175 e. The van der Waals surface area contributed by atoms with Crippen LogP contribution in [0, 0.1) is 0 Å². The van der Waals surface area contributed by atoms with Gasteiger partial charge in [-0.1, -0.05) is 16.8 Å². The first kappa shape index (κ1) is 15.9. The van der Waals surface area contributed by atoms with E-state index in [1.165, 1.54) is 17.7 Å². The normalized spacial score (nSPS) is 14.4. The molecule has 7 heteroatoms. The van der Waals surface area contributed by atoms with E-state index in [-0.39, 0.29) is 16.5 Å². The third-order valence-corrected chi connectivity index (χ3v) is 4.68. The molecule has 0 bridgehead atoms. The Morgan fingerprint density at radius 3 is 2.76 bits per heavy atom. The number of halogens is 1. The predicted octanol–water partition coefficient (Wildman–Crippen LogP) is 3.36. The zero-order chi connectivity index (χ0) is 17.4. The van der Waals surface area contributed by atoms with E-state index >= 15 is 0 Å². The smallest absolute Gasteiger partial charge is 0.175 e. The van der Waals surface area contributed by atoms with Gasteiger partial charge in [0.15, 0.2) is 5.76 Å². The van der Waals surface area contributed by atoms with Gasteiger partial charge < -0.3 is 14.7 Å². The van der Waals surface area contributed by atoms with Gasteiger partial charge >= 0.3 is 0 Å². The molecule has 0 saturated heterocycles. The van der Waals surface area contributed by atoms with Gasteiger partial charge in [0.1, 0.15) is 11.5 Å². The van der Waals surface area contributed by atoms with Gasteiger partial charge in [-0.25, -0.2) is 0 Å². The van der Waals surface area contributed by atoms with Crippen LogP contribution in [-0.2, 0) is 19.5 Å². The Morgan fingerprint density at radius 1 is 1.16 bits per heavy atom. The highest BCUT2D eigenvalue weighted by Gasteiger charge is 2.26. The summed E-state index contributed by atoms with van der Waals surface area (Å²) in [6, 6.07) is 6.70. The molecule has 0 unspecified atom stereocenters. The fourth-order valence-electron chi connectivity index (χ4n) is 3.09. The molecule has 6 nitrogen and oxygen atoms in total. The summed E-state index contributed by atoms with van der Waals surface area (Å²) in [5.74, 6) is 0.233. The number of aromatic hydroxyl groups is 2. The van der Waals surface area contributed by atoms with Gasteiger partial charge in [-0.05, 0) is 23.8 Å². The topological polar surface area (TPSA) is 82.6 Å². The van der Waals surface area contributed by atoms with Crippen molar-refractivity contribution in [2.45, 2.75) is 19.5 Å². The van der Waals surface area contributed by atoms with E-state index < -0.39 is 0 Å². The van der Waals surface area contributed by atoms with Gasteiger partial charge in [-0.15, -0.1) is 0 Å². The van der Waals surface area contributed by atoms with E-state index in [9.17, 15) is 10.2 Å². The molecule has 0 saturated carbocycles. The van der Waals surface area contributed by atoms with Crippen LogP contribution < -0.4 is 0 Å². The van der Waals surface area contributed by atoms with Crippen molar-refractivity contribution >= 4 is 11.6 Å². The van der Waals surface area contributed by atoms with E-state index in [0.29, 0.717) is 17.9 Å². The van der Waals surface area contributed by atoms with Crippen LogP contribution >= 0.6 is 11.6 Å². The monoisotopic (exact) mass is 357 g/mol. The zero-order valence-corrected chi connectivity index (χ0v) is 14.1. The molecule has 2 aromatic heterocycles. The lowest BCUT2D eigenvalue weighted by Gasteiger charge is -2.26. The number of pyridine rings is 1. The number of hydrogen-bond acceptors (Lipinski definition) is 6. The van der Waals surface area contributed by atoms with Crippen LogP contribution in [0.2, 0.25) is 5.02 Å². The number of rotatable bonds is 3. The first-order chi connectivity index (χ1) is 12.1. The van der Waals surface area contributed by atoms with Crippen LogP contribution in [0.5, 0.6) is 11.5 Å². The molecule has 0 radical (unpaired) electrons. The fourth-order valence-corrected chi connectivity index (χ4v) is 3.26. The number of phenols is 2. The van der Waals surface area contributed by atoms with Gasteiger partial charge in [0.25, 0.3) is 0 Å². The van der Waals surface area contributed by atoms with Crippen molar-refractivity contribution < 1.29 is 14.7 Å². The van der Waals surface area contributed by atoms with Gasteiger partial charge in [0.2, 0.25) is 0 Å². The molecule has 0 fully saturated rings. The van der Waals surface area contributed by atoms with Gasteiger partial charge in [0, 0.05) is 50.1 Å². The predicted molar refractivity (Wildman–Crippen MR) is 92.3 cm³/mol. The molecule has 3 heterocycles. The molecule has 2 N–H and O–H groups in total. The lowest BCUT2D eigenvalue weighted by molar-refractivity contribution is 0.245. The van der Waals surface area contributed by atoms with Gasteiger partial charge in [-0.2, -0.15) is 0 Å². The molecule has 4 rings (SSSR count). The summed E-state index contributed by atoms with van der Waals surface area (Å²) < 4.78 is 5.49. The Labute approximate surface area is 149 Å². The summed E-state index contributed by atoms with van der Waals surface area (Å²) >= 11 is 5.98. The Bertz CT molecular complexity index is 911. The van der Waals surface area contributed by atoms with E-state index in [4.69, 9.17) is 16.1 Å². The summed E-state index contributed by atoms with van der Waals surface area (Å²) in [4.78, 5) is 6.33. The van der Waals surface area contributed by atoms with Crippen molar-refractivity contribution in [2.75, 3.05) is 6.54 Å². The van der Waals surface area contributed by atoms with Crippen molar-refractivity contribution in [1.29, 1.82) is 0 Å². The van der Waals surface area contributed by atoms with E-state index in [1.54, 1.807) is 12.4 Å². The standard InChI is InChI=1S/C18H16ClN3O3/c19-14-7-12(16(23)8-17(14)24)18-13-10-22(6-3-15(13)21-25-18)9-11-1-4-20-5-2-11/h1-2,4-5,7-8,23-24H,3,6,9-10H2. The third-order valence-electron chi connectivity index (χ3n) is 4.38. The SMILES string of the molecule is Oc1cc(O)c(-c2onc3c2CN(Cc2ccncc2)CC3)cc1Cl. The Hall–Kier alpha value is -2.57. The molecule has 0 atom stereocenters. The second-order valence-corrected chi connectivity index (χ2v) is 6.48. The van der Waals surface area contributed by atoms with Crippen molar-refractivity contribution in [2.24, 2.45) is 0 Å². The number of aromatic nitrogens is 2. The molecule has 3 aromatic rings. The maximum atomic E-state index is 10.2. The van der Waals surface area contributed by atoms with Crippen LogP contribution in [-0.4, -0.2) is 31.8 Å². The summed E-state index contributed by atoms with van der Waals surface area (Å²) in [6.07, 6.45) is 4.34. The molecule has 0 amide bonds. The van der Waals surface area contributed by atoms with Crippen molar-refractivity contribution in [3.8, 4) is 22.8 Å². The fraction of sp³-hybridized carbons (Fsp3) is 0.222. The number of phenolic OH excluding ortho intramolecular Hbond substituents is 2. The first-order valence-corrected chi connectivity index (χ1v) is 8.30. The summed E-state index contributed by atoms with van der Waals surface area (Å²) in [5.41, 5.74) is 3.45. The Balaban J connectivity index is 1.65. The minimum Gasteiger partial charge on any atom is -0.507 e. The highest BCUT2D eigenvalue weighted by atomic mass is 35.5. The second-order valence-electron chi connectivity index (χ2n) is 6.07. The van der Waals surface area contributed by atoms with Crippen LogP contribution in [0.15, 0.2) is 41.2 Å². The molecule has 1 aromatic carbocycles. The number of nitrogens with zero attached hydrogens (tertiary/aromatic N) is 3. The van der Waals surface area contributed by atoms with E-state index in [1.807, 2.05) is 12.1 Å². The lowest BCUT2D eigenvalue weighted by atomic mass is 10.0. The third kappa shape index (κ3) is 3.06. The summed E-state index contributed by atoms with van der Waals surface area (Å²) in [7, 11) is 0. The number of hydrogen-bond donors (Lipinski definition) is 2. The molecular weight excluding hydrogens is 342 g/mol. The van der Waals surface area contributed by atoms with Crippen LogP contribution in [0.3, 0.4) is 0 Å². The summed E-state index contributed by atoms with van der Waals surface area (Å²) in [6.45, 7) is 2.34. The average Bonchev–Trinajstić information content (AvgIpc) is 3.02. The van der Waals surface area contributed by atoms with Crippen molar-refractivity contribution in [1.82, 2.24) is 15.0 Å². The van der Waals surface area contributed by atoms with Crippen molar-refractivity contribution in [3.05, 3.63) is 58.5 Å². The minimum absolute atomic E-state index is 0.0906. The van der Waals surface area contributed by atoms with Gasteiger partial charge in [-0.3, -0.25) is 9.88 Å². The number of fused-ring (bicyclic) bond motifs is 1. The quantitative estimate of drug-likeness (QED) is 0.748. The Morgan fingerprint density at radius 2 is 1.96 bits per heavy atom. The van der Waals surface area contributed by atoms with E-state index in [0.717, 1.165) is 30.8 Å². The highest BCUT2D eigenvalue weighted by Crippen LogP contribution is 2.40. The van der Waals surface area contributed by atoms with Gasteiger partial charge in [0.05, 0.1) is 16.3 Å². The minimum atomic E-state index is -0.171. The largest absolute Gasteiger partial charge is 0.507 e. The highest BCUT2D eigenvalue weighted by molar-refractivity contribution is 6.32. The molecule has 128 valence electrons. The average molecular weight is 358 g/mol.